The number of hydrogen-bond acceptors (Lipinski definition) is 4. The van der Waals surface area contributed by atoms with E-state index in [2.05, 4.69) is 6.92 Å². The van der Waals surface area contributed by atoms with E-state index < -0.39 is 5.41 Å². The zero-order valence-corrected chi connectivity index (χ0v) is 12.5. The number of rotatable bonds is 8. The molecule has 1 unspecified atom stereocenters. The maximum absolute atomic E-state index is 12.2. The van der Waals surface area contributed by atoms with E-state index in [0.717, 1.165) is 30.5 Å². The van der Waals surface area contributed by atoms with Crippen molar-refractivity contribution >= 4 is 11.7 Å². The van der Waals surface area contributed by atoms with Crippen molar-refractivity contribution in [2.75, 3.05) is 18.9 Å². The summed E-state index contributed by atoms with van der Waals surface area (Å²) in [5, 5.41) is 0. The van der Waals surface area contributed by atoms with E-state index in [1.807, 2.05) is 31.2 Å². The summed E-state index contributed by atoms with van der Waals surface area (Å²) in [4.78, 5) is 12.2. The highest BCUT2D eigenvalue weighted by molar-refractivity contribution is 5.77. The molecule has 1 aromatic rings. The van der Waals surface area contributed by atoms with Crippen LogP contribution in [0.15, 0.2) is 24.3 Å². The van der Waals surface area contributed by atoms with Crippen molar-refractivity contribution in [2.24, 2.45) is 11.1 Å². The predicted octanol–water partition coefficient (Wildman–Crippen LogP) is 2.51. The molecule has 0 bridgehead atoms. The van der Waals surface area contributed by atoms with Gasteiger partial charge in [0.1, 0.15) is 0 Å². The highest BCUT2D eigenvalue weighted by Crippen LogP contribution is 2.30. The van der Waals surface area contributed by atoms with E-state index in [1.54, 1.807) is 0 Å². The molecule has 0 saturated carbocycles. The maximum atomic E-state index is 12.2. The van der Waals surface area contributed by atoms with Gasteiger partial charge in [-0.3, -0.25) is 4.79 Å². The average Bonchev–Trinajstić information content (AvgIpc) is 2.45. The van der Waals surface area contributed by atoms with Crippen molar-refractivity contribution in [1.82, 2.24) is 0 Å². The Morgan fingerprint density at radius 3 is 2.35 bits per heavy atom. The molecule has 0 aromatic heterocycles. The summed E-state index contributed by atoms with van der Waals surface area (Å²) in [6.45, 7) is 4.61. The lowest BCUT2D eigenvalue weighted by molar-refractivity contribution is -0.155. The Labute approximate surface area is 121 Å². The van der Waals surface area contributed by atoms with E-state index >= 15 is 0 Å². The van der Waals surface area contributed by atoms with Crippen molar-refractivity contribution in [1.29, 1.82) is 0 Å². The minimum atomic E-state index is -0.563. The monoisotopic (exact) mass is 278 g/mol. The molecule has 4 nitrogen and oxygen atoms in total. The highest BCUT2D eigenvalue weighted by atomic mass is 16.5. The van der Waals surface area contributed by atoms with E-state index in [1.165, 1.54) is 0 Å². The normalized spacial score (nSPS) is 13.8. The molecule has 4 N–H and O–H groups in total. The Kier molecular flexibility index (Phi) is 6.52. The van der Waals surface area contributed by atoms with Gasteiger partial charge in [0.15, 0.2) is 0 Å². The number of carbonyl (C=O) groups excluding carboxylic acids is 1. The molecule has 0 saturated heterocycles. The van der Waals surface area contributed by atoms with Gasteiger partial charge >= 0.3 is 5.97 Å². The first-order chi connectivity index (χ1) is 9.57. The molecule has 1 aromatic carbocycles. The molecule has 112 valence electrons. The topological polar surface area (TPSA) is 78.3 Å². The van der Waals surface area contributed by atoms with Gasteiger partial charge in [-0.05, 0) is 43.9 Å². The van der Waals surface area contributed by atoms with Gasteiger partial charge < -0.3 is 16.2 Å². The Morgan fingerprint density at radius 2 is 1.85 bits per heavy atom. The smallest absolute Gasteiger partial charge is 0.313 e. The quantitative estimate of drug-likeness (QED) is 0.565. The van der Waals surface area contributed by atoms with Crippen LogP contribution >= 0.6 is 0 Å². The van der Waals surface area contributed by atoms with Crippen LogP contribution in [-0.4, -0.2) is 19.1 Å². The minimum absolute atomic E-state index is 0.167. The molecule has 0 aliphatic carbocycles. The maximum Gasteiger partial charge on any atom is 0.313 e. The second-order valence-electron chi connectivity index (χ2n) is 5.20. The van der Waals surface area contributed by atoms with Gasteiger partial charge in [-0.2, -0.15) is 0 Å². The van der Waals surface area contributed by atoms with Crippen LogP contribution in [0.4, 0.5) is 5.69 Å². The Morgan fingerprint density at radius 1 is 1.20 bits per heavy atom. The van der Waals surface area contributed by atoms with E-state index in [9.17, 15) is 4.79 Å². The lowest BCUT2D eigenvalue weighted by Crippen LogP contribution is -2.40. The molecule has 20 heavy (non-hydrogen) atoms. The summed E-state index contributed by atoms with van der Waals surface area (Å²) in [5.41, 5.74) is 12.9. The van der Waals surface area contributed by atoms with E-state index in [0.29, 0.717) is 19.6 Å². The first-order valence-electron chi connectivity index (χ1n) is 7.29. The third-order valence-electron chi connectivity index (χ3n) is 3.70. The zero-order chi connectivity index (χ0) is 15.0. The second-order valence-corrected chi connectivity index (χ2v) is 5.20. The largest absolute Gasteiger partial charge is 0.466 e. The zero-order valence-electron chi connectivity index (χ0n) is 12.5. The van der Waals surface area contributed by atoms with Crippen LogP contribution in [0.1, 0.15) is 38.7 Å². The van der Waals surface area contributed by atoms with Crippen molar-refractivity contribution in [2.45, 2.75) is 39.5 Å². The molecule has 0 radical (unpaired) electrons. The van der Waals surface area contributed by atoms with Crippen LogP contribution < -0.4 is 11.5 Å². The predicted molar refractivity (Wildman–Crippen MR) is 82.2 cm³/mol. The van der Waals surface area contributed by atoms with Crippen LogP contribution in [0.3, 0.4) is 0 Å². The standard InChI is InChI=1S/C16H26N2O2/c1-3-10-16(12-17,15(19)20-4-2)11-9-13-5-7-14(18)8-6-13/h5-8H,3-4,9-12,17-18H2,1-2H3. The molecule has 0 fully saturated rings. The Hall–Kier alpha value is -1.55. The number of ether oxygens (including phenoxy) is 1. The van der Waals surface area contributed by atoms with Crippen molar-refractivity contribution in [3.05, 3.63) is 29.8 Å². The molecule has 0 heterocycles. The number of benzene rings is 1. The first-order valence-corrected chi connectivity index (χ1v) is 7.29. The average molecular weight is 278 g/mol. The fourth-order valence-corrected chi connectivity index (χ4v) is 2.45. The highest BCUT2D eigenvalue weighted by Gasteiger charge is 2.37. The van der Waals surface area contributed by atoms with Gasteiger partial charge in [0.25, 0.3) is 0 Å². The van der Waals surface area contributed by atoms with Crippen LogP contribution in [0.25, 0.3) is 0 Å². The summed E-state index contributed by atoms with van der Waals surface area (Å²) in [5.74, 6) is -0.167. The van der Waals surface area contributed by atoms with Crippen LogP contribution in [-0.2, 0) is 16.0 Å². The lowest BCUT2D eigenvalue weighted by atomic mass is 9.78. The van der Waals surface area contributed by atoms with Gasteiger partial charge in [0, 0.05) is 12.2 Å². The van der Waals surface area contributed by atoms with Crippen molar-refractivity contribution in [3.8, 4) is 0 Å². The molecule has 4 heteroatoms. The number of nitrogen functional groups attached to an aromatic ring is 1. The van der Waals surface area contributed by atoms with Crippen molar-refractivity contribution in [3.63, 3.8) is 0 Å². The lowest BCUT2D eigenvalue weighted by Gasteiger charge is -2.29. The number of nitrogens with two attached hydrogens (primary N) is 2. The number of aryl methyl sites for hydroxylation is 1. The SMILES string of the molecule is CCCC(CN)(CCc1ccc(N)cc1)C(=O)OCC. The van der Waals surface area contributed by atoms with E-state index in [4.69, 9.17) is 16.2 Å². The van der Waals surface area contributed by atoms with Crippen LogP contribution in [0, 0.1) is 5.41 Å². The van der Waals surface area contributed by atoms with E-state index in [-0.39, 0.29) is 5.97 Å². The summed E-state index contributed by atoms with van der Waals surface area (Å²) < 4.78 is 5.22. The summed E-state index contributed by atoms with van der Waals surface area (Å²) in [6.07, 6.45) is 3.19. The molecule has 0 aliphatic rings. The number of hydrogen-bond donors (Lipinski definition) is 2. The fraction of sp³-hybridized carbons (Fsp3) is 0.562. The Bertz CT molecular complexity index is 417. The van der Waals surface area contributed by atoms with Gasteiger partial charge in [-0.15, -0.1) is 0 Å². The number of anilines is 1. The fourth-order valence-electron chi connectivity index (χ4n) is 2.45. The van der Waals surface area contributed by atoms with Gasteiger partial charge in [0.05, 0.1) is 12.0 Å². The van der Waals surface area contributed by atoms with Crippen molar-refractivity contribution < 1.29 is 9.53 Å². The summed E-state index contributed by atoms with van der Waals surface area (Å²) >= 11 is 0. The minimum Gasteiger partial charge on any atom is -0.466 e. The number of esters is 1. The van der Waals surface area contributed by atoms with Gasteiger partial charge in [-0.1, -0.05) is 25.5 Å². The first kappa shape index (κ1) is 16.5. The summed E-state index contributed by atoms with van der Waals surface area (Å²) in [7, 11) is 0. The molecule has 0 aliphatic heterocycles. The molecule has 1 rings (SSSR count). The third kappa shape index (κ3) is 4.23. The summed E-state index contributed by atoms with van der Waals surface area (Å²) in [6, 6.07) is 7.74. The van der Waals surface area contributed by atoms with Crippen LogP contribution in [0.2, 0.25) is 0 Å². The molecular formula is C16H26N2O2. The Balaban J connectivity index is 2.78. The van der Waals surface area contributed by atoms with Crippen LogP contribution in [0.5, 0.6) is 0 Å². The third-order valence-corrected chi connectivity index (χ3v) is 3.70. The van der Waals surface area contributed by atoms with Gasteiger partial charge in [0.2, 0.25) is 0 Å². The number of carbonyl (C=O) groups is 1. The molecule has 1 atom stereocenters. The second kappa shape index (κ2) is 7.90. The van der Waals surface area contributed by atoms with Gasteiger partial charge in [-0.25, -0.2) is 0 Å². The molecule has 0 spiro atoms. The molecular weight excluding hydrogens is 252 g/mol. The molecule has 0 amide bonds.